The normalized spacial score (nSPS) is 16.0. The quantitative estimate of drug-likeness (QED) is 0.227. The fraction of sp³-hybridized carbons (Fsp3) is 1.00. The summed E-state index contributed by atoms with van der Waals surface area (Å²) in [4.78, 5) is 8.44. The van der Waals surface area contributed by atoms with Crippen molar-refractivity contribution in [1.82, 2.24) is 0 Å². The van der Waals surface area contributed by atoms with Crippen LogP contribution in [-0.4, -0.2) is 13.2 Å². The van der Waals surface area contributed by atoms with Gasteiger partial charge in [0.1, 0.15) is 13.2 Å². The van der Waals surface area contributed by atoms with E-state index >= 15 is 0 Å². The van der Waals surface area contributed by atoms with Gasteiger partial charge in [0.05, 0.1) is 0 Å². The molecule has 0 bridgehead atoms. The van der Waals surface area contributed by atoms with E-state index in [0.29, 0.717) is 0 Å². The third-order valence-corrected chi connectivity index (χ3v) is 0.333. The summed E-state index contributed by atoms with van der Waals surface area (Å²) in [5.74, 6) is 0. The van der Waals surface area contributed by atoms with E-state index in [0.717, 1.165) is 13.2 Å². The van der Waals surface area contributed by atoms with Crippen LogP contribution in [0.2, 0.25) is 0 Å². The maximum absolute atomic E-state index is 4.22. The van der Waals surface area contributed by atoms with Crippen LogP contribution in [-0.2, 0) is 9.78 Å². The van der Waals surface area contributed by atoms with E-state index in [9.17, 15) is 0 Å². The number of hydrogen-bond donors (Lipinski definition) is 0. The third kappa shape index (κ3) is 4.09. The van der Waals surface area contributed by atoms with Gasteiger partial charge in [0.25, 0.3) is 0 Å². The predicted octanol–water partition coefficient (Wildman–Crippen LogP) is -5.82. The molecule has 1 rings (SSSR count). The smallest absolute Gasteiger partial charge is 1.00 e. The SMILES string of the molecule is C1COO1.[H-].[H-].[Na+].[Na+]. The second-order valence-electron chi connectivity index (χ2n) is 0.644. The second kappa shape index (κ2) is 6.92. The molecular formula is C2H6Na2O2. The minimum atomic E-state index is 0. The fourth-order valence-electron chi connectivity index (χ4n) is 0.0833. The van der Waals surface area contributed by atoms with E-state index in [1.54, 1.807) is 0 Å². The van der Waals surface area contributed by atoms with Gasteiger partial charge in [-0.15, -0.1) is 0 Å². The van der Waals surface area contributed by atoms with E-state index in [2.05, 4.69) is 9.78 Å². The van der Waals surface area contributed by atoms with Crippen LogP contribution in [0.1, 0.15) is 2.85 Å². The molecule has 0 radical (unpaired) electrons. The zero-order valence-corrected chi connectivity index (χ0v) is 8.23. The van der Waals surface area contributed by atoms with Gasteiger partial charge >= 0.3 is 59.1 Å². The first-order valence-electron chi connectivity index (χ1n) is 1.24. The van der Waals surface area contributed by atoms with Gasteiger partial charge in [-0.25, -0.2) is 9.78 Å². The molecule has 4 heteroatoms. The molecule has 0 aromatic carbocycles. The molecule has 0 aliphatic carbocycles. The molecule has 1 heterocycles. The second-order valence-corrected chi connectivity index (χ2v) is 0.644. The van der Waals surface area contributed by atoms with Gasteiger partial charge in [-0.3, -0.25) is 0 Å². The first-order valence-corrected chi connectivity index (χ1v) is 1.24. The number of rotatable bonds is 0. The Morgan fingerprint density at radius 3 is 1.17 bits per heavy atom. The van der Waals surface area contributed by atoms with Crippen molar-refractivity contribution in [3.63, 3.8) is 0 Å². The summed E-state index contributed by atoms with van der Waals surface area (Å²) in [6.07, 6.45) is 0. The maximum atomic E-state index is 4.22. The molecule has 0 spiro atoms. The van der Waals surface area contributed by atoms with Gasteiger partial charge < -0.3 is 2.85 Å². The minimum Gasteiger partial charge on any atom is -1.00 e. The monoisotopic (exact) mass is 108 g/mol. The Morgan fingerprint density at radius 2 is 1.17 bits per heavy atom. The van der Waals surface area contributed by atoms with E-state index in [1.165, 1.54) is 0 Å². The molecule has 0 saturated carbocycles. The molecule has 0 atom stereocenters. The molecule has 1 aliphatic heterocycles. The maximum Gasteiger partial charge on any atom is 1.00 e. The third-order valence-electron chi connectivity index (χ3n) is 0.333. The first kappa shape index (κ1) is 10.8. The molecule has 1 fully saturated rings. The molecular weight excluding hydrogens is 102 g/mol. The van der Waals surface area contributed by atoms with Crippen LogP contribution in [0, 0.1) is 0 Å². The fourth-order valence-corrected chi connectivity index (χ4v) is 0.0833. The average Bonchev–Trinajstić information content (AvgIpc) is 0.722. The summed E-state index contributed by atoms with van der Waals surface area (Å²) < 4.78 is 0. The summed E-state index contributed by atoms with van der Waals surface area (Å²) in [5, 5.41) is 0. The van der Waals surface area contributed by atoms with E-state index in [4.69, 9.17) is 0 Å². The Kier molecular flexibility index (Phi) is 12.5. The molecule has 28 valence electrons. The first-order chi connectivity index (χ1) is 2.00. The van der Waals surface area contributed by atoms with Crippen LogP contribution in [0.15, 0.2) is 0 Å². The Morgan fingerprint density at radius 1 is 1.00 bits per heavy atom. The van der Waals surface area contributed by atoms with Crippen LogP contribution < -0.4 is 59.1 Å². The Bertz CT molecular complexity index is 24.0. The van der Waals surface area contributed by atoms with Gasteiger partial charge in [-0.05, 0) is 0 Å². The Hall–Kier alpha value is 1.92. The van der Waals surface area contributed by atoms with Crippen molar-refractivity contribution in [2.75, 3.05) is 13.2 Å². The van der Waals surface area contributed by atoms with Crippen molar-refractivity contribution in [3.05, 3.63) is 0 Å². The van der Waals surface area contributed by atoms with Crippen molar-refractivity contribution >= 4 is 0 Å². The molecule has 6 heavy (non-hydrogen) atoms. The van der Waals surface area contributed by atoms with Crippen molar-refractivity contribution in [1.29, 1.82) is 0 Å². The predicted molar refractivity (Wildman–Crippen MR) is 14.1 cm³/mol. The average molecular weight is 108 g/mol. The summed E-state index contributed by atoms with van der Waals surface area (Å²) >= 11 is 0. The van der Waals surface area contributed by atoms with Crippen molar-refractivity contribution in [3.8, 4) is 0 Å². The van der Waals surface area contributed by atoms with Gasteiger partial charge in [0.2, 0.25) is 0 Å². The van der Waals surface area contributed by atoms with Crippen molar-refractivity contribution in [2.24, 2.45) is 0 Å². The van der Waals surface area contributed by atoms with E-state index < -0.39 is 0 Å². The standard InChI is InChI=1S/C2H4O2.2Na.2H/c1-2-4-3-1;;;;/h1-2H2;;;;/q;2*+1;2*-1. The zero-order chi connectivity index (χ0) is 2.83. The minimum absolute atomic E-state index is 0. The molecule has 0 aromatic heterocycles. The van der Waals surface area contributed by atoms with Gasteiger partial charge in [0, 0.05) is 0 Å². The van der Waals surface area contributed by atoms with Crippen LogP contribution in [0.3, 0.4) is 0 Å². The molecule has 0 unspecified atom stereocenters. The summed E-state index contributed by atoms with van der Waals surface area (Å²) in [6.45, 7) is 1.56. The molecule has 0 N–H and O–H groups in total. The summed E-state index contributed by atoms with van der Waals surface area (Å²) in [7, 11) is 0. The molecule has 0 amide bonds. The van der Waals surface area contributed by atoms with Crippen LogP contribution in [0.5, 0.6) is 0 Å². The summed E-state index contributed by atoms with van der Waals surface area (Å²) in [6, 6.07) is 0. The summed E-state index contributed by atoms with van der Waals surface area (Å²) in [5.41, 5.74) is 0. The topological polar surface area (TPSA) is 18.5 Å². The van der Waals surface area contributed by atoms with E-state index in [1.807, 2.05) is 0 Å². The van der Waals surface area contributed by atoms with Gasteiger partial charge in [0.15, 0.2) is 0 Å². The molecule has 1 saturated heterocycles. The largest absolute Gasteiger partial charge is 1.00 e. The van der Waals surface area contributed by atoms with Crippen LogP contribution in [0.25, 0.3) is 0 Å². The van der Waals surface area contributed by atoms with Crippen LogP contribution >= 0.6 is 0 Å². The van der Waals surface area contributed by atoms with E-state index in [-0.39, 0.29) is 62.0 Å². The van der Waals surface area contributed by atoms with Crippen LogP contribution in [0.4, 0.5) is 0 Å². The zero-order valence-electron chi connectivity index (χ0n) is 6.23. The Balaban J connectivity index is -0.0000000200. The van der Waals surface area contributed by atoms with Crippen molar-refractivity contribution < 1.29 is 71.7 Å². The van der Waals surface area contributed by atoms with Crippen molar-refractivity contribution in [2.45, 2.75) is 0 Å². The molecule has 2 nitrogen and oxygen atoms in total. The number of hydrogen-bond acceptors (Lipinski definition) is 2. The molecule has 1 aliphatic rings. The Labute approximate surface area is 84.1 Å². The van der Waals surface area contributed by atoms with Gasteiger partial charge in [-0.2, -0.15) is 0 Å². The van der Waals surface area contributed by atoms with Gasteiger partial charge in [-0.1, -0.05) is 0 Å². The molecule has 0 aromatic rings.